The van der Waals surface area contributed by atoms with Crippen molar-refractivity contribution in [3.8, 4) is 0 Å². The van der Waals surface area contributed by atoms with Crippen LogP contribution in [0.25, 0.3) is 0 Å². The highest BCUT2D eigenvalue weighted by Gasteiger charge is 2.18. The highest BCUT2D eigenvalue weighted by Crippen LogP contribution is 2.16. The third kappa shape index (κ3) is 64.8. The molecule has 0 aliphatic heterocycles. The van der Waals surface area contributed by atoms with Crippen molar-refractivity contribution in [2.45, 2.75) is 309 Å². The molecule has 2 unspecified atom stereocenters. The third-order valence-electron chi connectivity index (χ3n) is 14.5. The van der Waals surface area contributed by atoms with E-state index < -0.39 is 12.1 Å². The monoisotopic (exact) mass is 1100 g/mol. The van der Waals surface area contributed by atoms with Crippen LogP contribution in [0.5, 0.6) is 0 Å². The first kappa shape index (κ1) is 76.0. The van der Waals surface area contributed by atoms with Crippen LogP contribution in [0.2, 0.25) is 0 Å². The Morgan fingerprint density at radius 1 is 0.312 bits per heavy atom. The van der Waals surface area contributed by atoms with Gasteiger partial charge >= 0.3 is 0 Å². The minimum Gasteiger partial charge on any atom is -0.394 e. The quantitative estimate of drug-likeness (QED) is 0.0420. The Labute approximate surface area is 496 Å². The van der Waals surface area contributed by atoms with E-state index in [1.54, 1.807) is 6.08 Å². The second-order valence-corrected chi connectivity index (χ2v) is 22.1. The van der Waals surface area contributed by atoms with E-state index in [1.165, 1.54) is 161 Å². The maximum atomic E-state index is 12.5. The van der Waals surface area contributed by atoms with Crippen LogP contribution in [0.3, 0.4) is 0 Å². The van der Waals surface area contributed by atoms with Crippen molar-refractivity contribution >= 4 is 5.91 Å². The molecule has 0 fully saturated rings. The average Bonchev–Trinajstić information content (AvgIpc) is 3.46. The molecule has 2 atom stereocenters. The maximum Gasteiger partial charge on any atom is 0.220 e. The van der Waals surface area contributed by atoms with Crippen LogP contribution < -0.4 is 5.32 Å². The molecule has 0 aliphatic carbocycles. The van der Waals surface area contributed by atoms with E-state index in [2.05, 4.69) is 165 Å². The molecule has 0 aromatic carbocycles. The Morgan fingerprint density at radius 2 is 0.562 bits per heavy atom. The van der Waals surface area contributed by atoms with Gasteiger partial charge in [0.25, 0.3) is 0 Å². The average molecular weight is 1100 g/mol. The maximum absolute atomic E-state index is 12.5. The molecule has 0 heterocycles. The van der Waals surface area contributed by atoms with E-state index >= 15 is 0 Å². The molecule has 0 rings (SSSR count). The fourth-order valence-corrected chi connectivity index (χ4v) is 9.44. The predicted octanol–water partition coefficient (Wildman–Crippen LogP) is 23.3. The molecule has 0 aromatic heterocycles. The van der Waals surface area contributed by atoms with Gasteiger partial charge < -0.3 is 15.5 Å². The zero-order chi connectivity index (χ0) is 57.6. The van der Waals surface area contributed by atoms with Crippen molar-refractivity contribution in [2.24, 2.45) is 0 Å². The van der Waals surface area contributed by atoms with Crippen LogP contribution in [0, 0.1) is 0 Å². The zero-order valence-electron chi connectivity index (χ0n) is 52.3. The number of allylic oxidation sites excluding steroid dienone is 25. The van der Waals surface area contributed by atoms with E-state index in [4.69, 9.17) is 0 Å². The van der Waals surface area contributed by atoms with Crippen molar-refractivity contribution in [3.63, 3.8) is 0 Å². The molecule has 0 aromatic rings. The summed E-state index contributed by atoms with van der Waals surface area (Å²) in [7, 11) is 0. The first-order chi connectivity index (χ1) is 39.7. The van der Waals surface area contributed by atoms with Crippen molar-refractivity contribution in [1.82, 2.24) is 5.32 Å². The standard InChI is InChI=1S/C76H127NO3/c1-3-5-7-9-11-13-15-17-19-21-23-25-27-29-31-33-34-35-36-37-38-39-40-41-42-44-46-48-50-52-54-56-58-60-62-64-66-68-70-72-76(80)77-74(73-78)75(79)71-69-67-65-63-61-59-57-55-53-51-49-47-45-43-32-30-28-26-24-22-20-18-16-14-12-10-8-6-4-2/h5,7,11,13,17,19,23,25,29,31,34-35,37-38,40-41,44,46,50,52,56,58,61,63,69,71,74-75,78-79H,3-4,6,8-10,12,14-16,18,20-22,24,26-28,30,32-33,36,39,42-43,45,47-49,51,53-55,57,59-60,62,64-68,70,72-73H2,1-2H3,(H,77,80)/b7-5-,13-11-,19-17-,25-23-,31-29-,35-34-,38-37-,41-40-,46-44-,52-50-,58-56-,63-61+,71-69+. The molecule has 0 spiro atoms. The van der Waals surface area contributed by atoms with E-state index in [9.17, 15) is 15.0 Å². The summed E-state index contributed by atoms with van der Waals surface area (Å²) in [6.45, 7) is 4.19. The van der Waals surface area contributed by atoms with Gasteiger partial charge in [-0.25, -0.2) is 0 Å². The predicted molar refractivity (Wildman–Crippen MR) is 358 cm³/mol. The van der Waals surface area contributed by atoms with Crippen LogP contribution in [0.15, 0.2) is 158 Å². The van der Waals surface area contributed by atoms with Gasteiger partial charge in [-0.05, 0) is 116 Å². The molecule has 4 heteroatoms. The fraction of sp³-hybridized carbons (Fsp3) is 0.645. The van der Waals surface area contributed by atoms with Crippen LogP contribution in [-0.4, -0.2) is 34.9 Å². The van der Waals surface area contributed by atoms with Gasteiger partial charge in [-0.1, -0.05) is 332 Å². The summed E-state index contributed by atoms with van der Waals surface area (Å²) in [6, 6.07) is -0.664. The highest BCUT2D eigenvalue weighted by molar-refractivity contribution is 5.76. The van der Waals surface area contributed by atoms with Crippen LogP contribution in [0.4, 0.5) is 0 Å². The van der Waals surface area contributed by atoms with Crippen molar-refractivity contribution in [3.05, 3.63) is 158 Å². The van der Waals surface area contributed by atoms with E-state index in [1.807, 2.05) is 6.08 Å². The van der Waals surface area contributed by atoms with Gasteiger partial charge in [0.15, 0.2) is 0 Å². The summed E-state index contributed by atoms with van der Waals surface area (Å²) in [5.41, 5.74) is 0. The Balaban J connectivity index is 3.65. The van der Waals surface area contributed by atoms with Crippen LogP contribution in [-0.2, 0) is 4.79 Å². The van der Waals surface area contributed by atoms with Gasteiger partial charge in [-0.3, -0.25) is 4.79 Å². The Bertz CT molecular complexity index is 1680. The van der Waals surface area contributed by atoms with Gasteiger partial charge in [0.1, 0.15) is 0 Å². The number of aliphatic hydroxyl groups excluding tert-OH is 2. The van der Waals surface area contributed by atoms with Crippen molar-refractivity contribution in [2.75, 3.05) is 6.61 Å². The van der Waals surface area contributed by atoms with Gasteiger partial charge in [0, 0.05) is 6.42 Å². The number of aliphatic hydroxyl groups is 2. The van der Waals surface area contributed by atoms with Crippen LogP contribution in [0.1, 0.15) is 296 Å². The molecular formula is C76H127NO3. The number of unbranched alkanes of at least 4 members (excludes halogenated alkanes) is 29. The number of carbonyl (C=O) groups is 1. The molecule has 454 valence electrons. The number of hydrogen-bond acceptors (Lipinski definition) is 3. The molecule has 0 radical (unpaired) electrons. The molecule has 0 saturated heterocycles. The number of carbonyl (C=O) groups excluding carboxylic acids is 1. The number of amides is 1. The van der Waals surface area contributed by atoms with E-state index in [0.29, 0.717) is 6.42 Å². The second-order valence-electron chi connectivity index (χ2n) is 22.1. The topological polar surface area (TPSA) is 69.6 Å². The molecule has 0 bridgehead atoms. The smallest absolute Gasteiger partial charge is 0.220 e. The van der Waals surface area contributed by atoms with Gasteiger partial charge in [-0.2, -0.15) is 0 Å². The Hall–Kier alpha value is -3.99. The summed E-state index contributed by atoms with van der Waals surface area (Å²) in [5, 5.41) is 23.2. The summed E-state index contributed by atoms with van der Waals surface area (Å²) in [5.74, 6) is -0.0966. The van der Waals surface area contributed by atoms with Gasteiger partial charge in [0.2, 0.25) is 5.91 Å². The first-order valence-electron chi connectivity index (χ1n) is 33.7. The summed E-state index contributed by atoms with van der Waals surface area (Å²) in [4.78, 5) is 12.5. The molecule has 3 N–H and O–H groups in total. The van der Waals surface area contributed by atoms with Crippen LogP contribution >= 0.6 is 0 Å². The Kier molecular flexibility index (Phi) is 65.8. The SMILES string of the molecule is CC/C=C\C/C=C\C/C=C\C/C=C\C/C=C\C/C=C\C/C=C\C/C=C\C/C=C\C/C=C\C/C=C\CCCCCCCC(=O)NC(CO)C(O)/C=C/CC/C=C/CCCCCCCCCCCCCCCCCCCCCCCCC. The number of hydrogen-bond donors (Lipinski definition) is 3. The summed E-state index contributed by atoms with van der Waals surface area (Å²) >= 11 is 0. The molecule has 80 heavy (non-hydrogen) atoms. The first-order valence-corrected chi connectivity index (χ1v) is 33.7. The lowest BCUT2D eigenvalue weighted by atomic mass is 10.0. The normalized spacial score (nSPS) is 13.8. The molecule has 4 nitrogen and oxygen atoms in total. The molecule has 0 saturated carbocycles. The zero-order valence-corrected chi connectivity index (χ0v) is 52.3. The van der Waals surface area contributed by atoms with Crippen molar-refractivity contribution < 1.29 is 15.0 Å². The Morgan fingerprint density at radius 3 is 0.875 bits per heavy atom. The lowest BCUT2D eigenvalue weighted by Gasteiger charge is -2.19. The van der Waals surface area contributed by atoms with Gasteiger partial charge in [0.05, 0.1) is 18.8 Å². The second kappa shape index (κ2) is 69.3. The lowest BCUT2D eigenvalue weighted by molar-refractivity contribution is -0.123. The lowest BCUT2D eigenvalue weighted by Crippen LogP contribution is -2.45. The number of nitrogens with one attached hydrogen (secondary N) is 1. The third-order valence-corrected chi connectivity index (χ3v) is 14.5. The minimum atomic E-state index is -0.884. The van der Waals surface area contributed by atoms with E-state index in [0.717, 1.165) is 116 Å². The number of rotatable bonds is 60. The minimum absolute atomic E-state index is 0.0966. The summed E-state index contributed by atoms with van der Waals surface area (Å²) in [6.07, 6.45) is 110. The van der Waals surface area contributed by atoms with Crippen molar-refractivity contribution in [1.29, 1.82) is 0 Å². The van der Waals surface area contributed by atoms with Gasteiger partial charge in [-0.15, -0.1) is 0 Å². The molecule has 1 amide bonds. The summed E-state index contributed by atoms with van der Waals surface area (Å²) < 4.78 is 0. The van der Waals surface area contributed by atoms with E-state index in [-0.39, 0.29) is 12.5 Å². The fourth-order valence-electron chi connectivity index (χ4n) is 9.44. The molecule has 0 aliphatic rings. The highest BCUT2D eigenvalue weighted by atomic mass is 16.3. The molecular weight excluding hydrogens is 975 g/mol. The largest absolute Gasteiger partial charge is 0.394 e.